The largest absolute Gasteiger partial charge is 0.496 e. The lowest BCUT2D eigenvalue weighted by molar-refractivity contribution is -0.122. The summed E-state index contributed by atoms with van der Waals surface area (Å²) in [6.07, 6.45) is 2.81. The van der Waals surface area contributed by atoms with Crippen molar-refractivity contribution < 1.29 is 9.53 Å². The Bertz CT molecular complexity index is 860. The van der Waals surface area contributed by atoms with E-state index in [1.807, 2.05) is 61.5 Å². The van der Waals surface area contributed by atoms with Crippen LogP contribution in [0.4, 0.5) is 5.69 Å². The Morgan fingerprint density at radius 1 is 1.19 bits per heavy atom. The molecule has 0 radical (unpaired) electrons. The van der Waals surface area contributed by atoms with Crippen LogP contribution in [0, 0.1) is 6.92 Å². The Morgan fingerprint density at radius 3 is 2.62 bits per heavy atom. The molecule has 26 heavy (non-hydrogen) atoms. The summed E-state index contributed by atoms with van der Waals surface area (Å²) in [4.78, 5) is 20.0. The van der Waals surface area contributed by atoms with Crippen LogP contribution < -0.4 is 4.74 Å². The average Bonchev–Trinajstić information content (AvgIpc) is 2.92. The highest BCUT2D eigenvalue weighted by Crippen LogP contribution is 2.34. The number of rotatable bonds is 5. The lowest BCUT2D eigenvalue weighted by Crippen LogP contribution is -2.29. The highest BCUT2D eigenvalue weighted by atomic mass is 32.2. The molecule has 5 heteroatoms. The molecule has 2 aromatic carbocycles. The molecular weight excluding hydrogens is 344 g/mol. The van der Waals surface area contributed by atoms with E-state index in [4.69, 9.17) is 4.74 Å². The van der Waals surface area contributed by atoms with E-state index in [0.29, 0.717) is 11.4 Å². The van der Waals surface area contributed by atoms with Crippen LogP contribution in [0.1, 0.15) is 24.5 Å². The van der Waals surface area contributed by atoms with Crippen molar-refractivity contribution in [3.8, 4) is 5.75 Å². The van der Waals surface area contributed by atoms with E-state index in [1.54, 1.807) is 12.0 Å². The maximum Gasteiger partial charge on any atom is 0.266 e. The number of hydrogen-bond donors (Lipinski definition) is 0. The number of methoxy groups -OCH3 is 1. The van der Waals surface area contributed by atoms with Crippen molar-refractivity contribution in [1.29, 1.82) is 0 Å². The number of carbonyl (C=O) groups is 1. The predicted octanol–water partition coefficient (Wildman–Crippen LogP) is 5.02. The molecule has 0 saturated carbocycles. The molecule has 0 N–H and O–H groups in total. The van der Waals surface area contributed by atoms with E-state index < -0.39 is 0 Å². The fourth-order valence-corrected chi connectivity index (χ4v) is 3.79. The van der Waals surface area contributed by atoms with Crippen molar-refractivity contribution in [3.05, 3.63) is 64.6 Å². The van der Waals surface area contributed by atoms with Gasteiger partial charge in [0.25, 0.3) is 5.91 Å². The first-order chi connectivity index (χ1) is 12.6. The number of nitrogens with zero attached hydrogens (tertiary/aromatic N) is 2. The minimum atomic E-state index is 0.0139. The molecule has 0 unspecified atom stereocenters. The Hall–Kier alpha value is -2.53. The number of amidine groups is 1. The molecule has 0 aliphatic carbocycles. The number of benzene rings is 2. The molecule has 1 aliphatic rings. The third kappa shape index (κ3) is 3.99. The quantitative estimate of drug-likeness (QED) is 0.698. The van der Waals surface area contributed by atoms with Gasteiger partial charge in [-0.05, 0) is 66.6 Å². The summed E-state index contributed by atoms with van der Waals surface area (Å²) < 4.78 is 5.30. The van der Waals surface area contributed by atoms with Crippen molar-refractivity contribution >= 4 is 34.6 Å². The first-order valence-corrected chi connectivity index (χ1v) is 9.44. The maximum absolute atomic E-state index is 12.8. The fourth-order valence-electron chi connectivity index (χ4n) is 2.77. The van der Waals surface area contributed by atoms with Crippen LogP contribution in [0.25, 0.3) is 6.08 Å². The number of amides is 1. The lowest BCUT2D eigenvalue weighted by Gasteiger charge is -2.13. The van der Waals surface area contributed by atoms with E-state index in [-0.39, 0.29) is 5.91 Å². The number of hydrogen-bond acceptors (Lipinski definition) is 4. The topological polar surface area (TPSA) is 41.9 Å². The zero-order valence-electron chi connectivity index (χ0n) is 15.2. The Morgan fingerprint density at radius 2 is 1.96 bits per heavy atom. The van der Waals surface area contributed by atoms with Gasteiger partial charge in [0.2, 0.25) is 0 Å². The van der Waals surface area contributed by atoms with Gasteiger partial charge >= 0.3 is 0 Å². The van der Waals surface area contributed by atoms with E-state index in [0.717, 1.165) is 34.2 Å². The van der Waals surface area contributed by atoms with Gasteiger partial charge in [-0.2, -0.15) is 0 Å². The second-order valence-corrected chi connectivity index (χ2v) is 7.04. The number of para-hydroxylation sites is 1. The summed E-state index contributed by atoms with van der Waals surface area (Å²) in [6.45, 7) is 4.72. The van der Waals surface area contributed by atoms with Gasteiger partial charge in [0.05, 0.1) is 17.7 Å². The molecule has 4 nitrogen and oxygen atoms in total. The first kappa shape index (κ1) is 18.3. The third-order valence-corrected chi connectivity index (χ3v) is 5.04. The van der Waals surface area contributed by atoms with E-state index in [9.17, 15) is 4.79 Å². The molecule has 0 atom stereocenters. The normalized spacial score (nSPS) is 17.3. The van der Waals surface area contributed by atoms with Crippen LogP contribution in [0.3, 0.4) is 0 Å². The fraction of sp³-hybridized carbons (Fsp3) is 0.238. The number of carbonyl (C=O) groups excluding carboxylic acids is 1. The Kier molecular flexibility index (Phi) is 5.78. The van der Waals surface area contributed by atoms with Crippen molar-refractivity contribution in [2.75, 3.05) is 13.7 Å². The first-order valence-electron chi connectivity index (χ1n) is 8.62. The molecule has 1 amide bonds. The molecule has 1 heterocycles. The van der Waals surface area contributed by atoms with Crippen molar-refractivity contribution in [2.45, 2.75) is 20.3 Å². The summed E-state index contributed by atoms with van der Waals surface area (Å²) in [5, 5.41) is 0.736. The van der Waals surface area contributed by atoms with Crippen molar-refractivity contribution in [1.82, 2.24) is 4.90 Å². The molecule has 2 aromatic rings. The molecule has 1 saturated heterocycles. The summed E-state index contributed by atoms with van der Waals surface area (Å²) in [5.41, 5.74) is 2.88. The number of aliphatic imine (C=N–C) groups is 1. The van der Waals surface area contributed by atoms with E-state index in [1.165, 1.54) is 11.8 Å². The zero-order chi connectivity index (χ0) is 18.5. The monoisotopic (exact) mass is 366 g/mol. The standard InChI is InChI=1S/C21H22N2O2S/c1-4-12-23-20(24)19(14-16-10-11-18(25-3)15(2)13-16)26-21(23)22-17-8-6-5-7-9-17/h5-11,13-14H,4,12H2,1-3H3/b19-14+,22-21?. The third-order valence-electron chi connectivity index (χ3n) is 4.03. The molecule has 0 bridgehead atoms. The second-order valence-electron chi connectivity index (χ2n) is 6.03. The summed E-state index contributed by atoms with van der Waals surface area (Å²) >= 11 is 1.43. The van der Waals surface area contributed by atoms with Crippen LogP contribution in [0.5, 0.6) is 5.75 Å². The van der Waals surface area contributed by atoms with E-state index in [2.05, 4.69) is 11.9 Å². The zero-order valence-corrected chi connectivity index (χ0v) is 16.0. The van der Waals surface area contributed by atoms with Crippen molar-refractivity contribution in [3.63, 3.8) is 0 Å². The van der Waals surface area contributed by atoms with Crippen LogP contribution in [0.15, 0.2) is 58.4 Å². The second kappa shape index (κ2) is 8.23. The average molecular weight is 366 g/mol. The maximum atomic E-state index is 12.8. The predicted molar refractivity (Wildman–Crippen MR) is 109 cm³/mol. The van der Waals surface area contributed by atoms with E-state index >= 15 is 0 Å². The Labute approximate surface area is 158 Å². The molecule has 0 spiro atoms. The molecular formula is C21H22N2O2S. The number of ether oxygens (including phenoxy) is 1. The smallest absolute Gasteiger partial charge is 0.266 e. The van der Waals surface area contributed by atoms with Gasteiger partial charge in [0, 0.05) is 6.54 Å². The number of thioether (sulfide) groups is 1. The Balaban J connectivity index is 1.92. The highest BCUT2D eigenvalue weighted by molar-refractivity contribution is 8.18. The van der Waals surface area contributed by atoms with Gasteiger partial charge in [-0.1, -0.05) is 31.2 Å². The minimum absolute atomic E-state index is 0.0139. The van der Waals surface area contributed by atoms with Gasteiger partial charge < -0.3 is 4.74 Å². The summed E-state index contributed by atoms with van der Waals surface area (Å²) in [6, 6.07) is 15.6. The minimum Gasteiger partial charge on any atom is -0.496 e. The summed E-state index contributed by atoms with van der Waals surface area (Å²) in [5.74, 6) is 0.858. The van der Waals surface area contributed by atoms with Gasteiger partial charge in [-0.15, -0.1) is 0 Å². The van der Waals surface area contributed by atoms with Crippen molar-refractivity contribution in [2.24, 2.45) is 4.99 Å². The molecule has 3 rings (SSSR count). The number of aryl methyl sites for hydroxylation is 1. The van der Waals surface area contributed by atoms with Gasteiger partial charge in [0.1, 0.15) is 5.75 Å². The van der Waals surface area contributed by atoms with Crippen LogP contribution in [-0.4, -0.2) is 29.6 Å². The van der Waals surface area contributed by atoms with Gasteiger partial charge in [0.15, 0.2) is 5.17 Å². The lowest BCUT2D eigenvalue weighted by atomic mass is 10.1. The molecule has 0 aromatic heterocycles. The van der Waals surface area contributed by atoms with Gasteiger partial charge in [-0.3, -0.25) is 9.69 Å². The SMILES string of the molecule is CCCN1C(=O)/C(=C\c2ccc(OC)c(C)c2)SC1=Nc1ccccc1. The van der Waals surface area contributed by atoms with Crippen LogP contribution in [0.2, 0.25) is 0 Å². The molecule has 134 valence electrons. The molecule has 1 fully saturated rings. The molecule has 1 aliphatic heterocycles. The highest BCUT2D eigenvalue weighted by Gasteiger charge is 2.32. The summed E-state index contributed by atoms with van der Waals surface area (Å²) in [7, 11) is 1.66. The van der Waals surface area contributed by atoms with Crippen LogP contribution >= 0.6 is 11.8 Å². The van der Waals surface area contributed by atoms with Gasteiger partial charge in [-0.25, -0.2) is 4.99 Å². The van der Waals surface area contributed by atoms with Crippen LogP contribution in [-0.2, 0) is 4.79 Å².